The van der Waals surface area contributed by atoms with Crippen molar-refractivity contribution in [2.45, 2.75) is 19.3 Å². The largest absolute Gasteiger partial charge is 0.456 e. The standard InChI is InChI=1S/C51H34N4O/c1-51(2)39-18-8-6-15-35(39)36-28-27-34(29-40(36)51)44-30-43(54-50(55-44)33-13-4-3-5-14-33)31-23-25-32(26-24-31)48-49(53-42-20-10-9-19-41(42)52-48)38-17-12-22-46-47(38)37-16-7-11-21-45(37)56-46/h3-30H,1-2H3. The van der Waals surface area contributed by atoms with Crippen LogP contribution in [0, 0.1) is 0 Å². The molecule has 5 nitrogen and oxygen atoms in total. The molecule has 0 spiro atoms. The molecule has 0 fully saturated rings. The monoisotopic (exact) mass is 718 g/mol. The van der Waals surface area contributed by atoms with Crippen LogP contribution in [0.2, 0.25) is 0 Å². The van der Waals surface area contributed by atoms with Gasteiger partial charge in [-0.25, -0.2) is 19.9 Å². The molecule has 264 valence electrons. The zero-order valence-corrected chi connectivity index (χ0v) is 30.9. The summed E-state index contributed by atoms with van der Waals surface area (Å²) in [6.07, 6.45) is 0. The molecule has 0 N–H and O–H groups in total. The van der Waals surface area contributed by atoms with Crippen LogP contribution in [-0.2, 0) is 5.41 Å². The molecule has 56 heavy (non-hydrogen) atoms. The Hall–Kier alpha value is -7.24. The highest BCUT2D eigenvalue weighted by Gasteiger charge is 2.35. The van der Waals surface area contributed by atoms with Crippen molar-refractivity contribution in [2.75, 3.05) is 0 Å². The Labute approximate surface area is 324 Å². The van der Waals surface area contributed by atoms with Gasteiger partial charge >= 0.3 is 0 Å². The van der Waals surface area contributed by atoms with Crippen LogP contribution in [0.15, 0.2) is 174 Å². The lowest BCUT2D eigenvalue weighted by molar-refractivity contribution is 0.660. The second kappa shape index (κ2) is 12.4. The molecule has 0 atom stereocenters. The van der Waals surface area contributed by atoms with E-state index in [0.29, 0.717) is 5.82 Å². The lowest BCUT2D eigenvalue weighted by Gasteiger charge is -2.22. The Kier molecular flexibility index (Phi) is 7.13. The molecule has 11 rings (SSSR count). The van der Waals surface area contributed by atoms with Crippen LogP contribution in [0.1, 0.15) is 25.0 Å². The zero-order chi connectivity index (χ0) is 37.4. The molecule has 0 aliphatic heterocycles. The molecule has 0 bridgehead atoms. The summed E-state index contributed by atoms with van der Waals surface area (Å²) in [4.78, 5) is 20.8. The van der Waals surface area contributed by atoms with E-state index in [1.165, 1.54) is 22.3 Å². The average molecular weight is 719 g/mol. The summed E-state index contributed by atoms with van der Waals surface area (Å²) in [5, 5.41) is 2.09. The Balaban J connectivity index is 1.05. The summed E-state index contributed by atoms with van der Waals surface area (Å²) >= 11 is 0. The topological polar surface area (TPSA) is 64.7 Å². The molecule has 10 aromatic rings. The van der Waals surface area contributed by atoms with Gasteiger partial charge in [0.1, 0.15) is 11.2 Å². The number of rotatable bonds is 5. The van der Waals surface area contributed by atoms with Crippen LogP contribution in [0.3, 0.4) is 0 Å². The van der Waals surface area contributed by atoms with Crippen molar-refractivity contribution in [3.8, 4) is 67.5 Å². The van der Waals surface area contributed by atoms with E-state index in [4.69, 9.17) is 24.4 Å². The highest BCUT2D eigenvalue weighted by atomic mass is 16.3. The van der Waals surface area contributed by atoms with Gasteiger partial charge in [0.2, 0.25) is 0 Å². The minimum absolute atomic E-state index is 0.114. The van der Waals surface area contributed by atoms with E-state index in [9.17, 15) is 0 Å². The third kappa shape index (κ3) is 5.09. The molecule has 3 aromatic heterocycles. The van der Waals surface area contributed by atoms with E-state index >= 15 is 0 Å². The van der Waals surface area contributed by atoms with Crippen LogP contribution in [-0.4, -0.2) is 19.9 Å². The number of furan rings is 1. The summed E-state index contributed by atoms with van der Waals surface area (Å²) in [5.41, 5.74) is 16.8. The second-order valence-electron chi connectivity index (χ2n) is 15.0. The number of aromatic nitrogens is 4. The van der Waals surface area contributed by atoms with Crippen molar-refractivity contribution in [3.63, 3.8) is 0 Å². The van der Waals surface area contributed by atoms with Crippen molar-refractivity contribution >= 4 is 33.0 Å². The normalized spacial score (nSPS) is 13.0. The Bertz CT molecular complexity index is 3160. The molecule has 0 saturated heterocycles. The first kappa shape index (κ1) is 32.2. The summed E-state index contributed by atoms with van der Waals surface area (Å²) in [5.74, 6) is 0.688. The van der Waals surface area contributed by atoms with Gasteiger partial charge in [0.05, 0.1) is 33.8 Å². The highest BCUT2D eigenvalue weighted by molar-refractivity contribution is 6.13. The predicted molar refractivity (Wildman–Crippen MR) is 227 cm³/mol. The minimum atomic E-state index is -0.114. The molecule has 5 heteroatoms. The van der Waals surface area contributed by atoms with Crippen LogP contribution < -0.4 is 0 Å². The highest BCUT2D eigenvalue weighted by Crippen LogP contribution is 2.49. The molecule has 1 aliphatic rings. The van der Waals surface area contributed by atoms with Crippen LogP contribution in [0.4, 0.5) is 0 Å². The Morgan fingerprint density at radius 2 is 1.02 bits per heavy atom. The number of benzene rings is 7. The SMILES string of the molecule is CC1(C)c2ccccc2-c2ccc(-c3cc(-c4ccc(-c5nc6ccccc6nc5-c5cccc6oc7ccccc7c56)cc4)nc(-c4ccccc4)n3)cc21. The average Bonchev–Trinajstić information content (AvgIpc) is 3.75. The first-order valence-electron chi connectivity index (χ1n) is 19.0. The fraction of sp³-hybridized carbons (Fsp3) is 0.0588. The van der Waals surface area contributed by atoms with E-state index in [-0.39, 0.29) is 5.41 Å². The third-order valence-electron chi connectivity index (χ3n) is 11.3. The maximum atomic E-state index is 6.28. The molecule has 7 aromatic carbocycles. The summed E-state index contributed by atoms with van der Waals surface area (Å²) < 4.78 is 6.28. The molecular weight excluding hydrogens is 685 g/mol. The predicted octanol–water partition coefficient (Wildman–Crippen LogP) is 13.0. The summed E-state index contributed by atoms with van der Waals surface area (Å²) in [6, 6.07) is 58.8. The number of nitrogens with zero attached hydrogens (tertiary/aromatic N) is 4. The molecule has 0 amide bonds. The lowest BCUT2D eigenvalue weighted by atomic mass is 9.82. The van der Waals surface area contributed by atoms with Crippen molar-refractivity contribution in [2.24, 2.45) is 0 Å². The van der Waals surface area contributed by atoms with E-state index in [0.717, 1.165) is 83.6 Å². The van der Waals surface area contributed by atoms with Crippen molar-refractivity contribution in [3.05, 3.63) is 181 Å². The third-order valence-corrected chi connectivity index (χ3v) is 11.3. The van der Waals surface area contributed by atoms with Gasteiger partial charge in [0.15, 0.2) is 5.82 Å². The smallest absolute Gasteiger partial charge is 0.160 e. The Morgan fingerprint density at radius 1 is 0.411 bits per heavy atom. The maximum absolute atomic E-state index is 6.28. The number of hydrogen-bond acceptors (Lipinski definition) is 5. The van der Waals surface area contributed by atoms with Crippen LogP contribution in [0.5, 0.6) is 0 Å². The van der Waals surface area contributed by atoms with Gasteiger partial charge in [-0.1, -0.05) is 147 Å². The fourth-order valence-corrected chi connectivity index (χ4v) is 8.48. The molecule has 1 aliphatic carbocycles. The zero-order valence-electron chi connectivity index (χ0n) is 30.9. The molecule has 3 heterocycles. The van der Waals surface area contributed by atoms with Crippen molar-refractivity contribution in [1.82, 2.24) is 19.9 Å². The van der Waals surface area contributed by atoms with E-state index in [1.54, 1.807) is 0 Å². The number of hydrogen-bond donors (Lipinski definition) is 0. The molecule has 0 unspecified atom stereocenters. The quantitative estimate of drug-likeness (QED) is 0.177. The maximum Gasteiger partial charge on any atom is 0.160 e. The second-order valence-corrected chi connectivity index (χ2v) is 15.0. The minimum Gasteiger partial charge on any atom is -0.456 e. The molecule has 0 radical (unpaired) electrons. The summed E-state index contributed by atoms with van der Waals surface area (Å²) in [6.45, 7) is 4.62. The van der Waals surface area contributed by atoms with Crippen molar-refractivity contribution < 1.29 is 4.42 Å². The molecule has 0 saturated carbocycles. The van der Waals surface area contributed by atoms with E-state index in [2.05, 4.69) is 111 Å². The van der Waals surface area contributed by atoms with Gasteiger partial charge in [0.25, 0.3) is 0 Å². The first-order valence-corrected chi connectivity index (χ1v) is 19.0. The van der Waals surface area contributed by atoms with Gasteiger partial charge < -0.3 is 4.42 Å². The summed E-state index contributed by atoms with van der Waals surface area (Å²) in [7, 11) is 0. The van der Waals surface area contributed by atoms with Crippen LogP contribution >= 0.6 is 0 Å². The van der Waals surface area contributed by atoms with Gasteiger partial charge in [-0.15, -0.1) is 0 Å². The number of fused-ring (bicyclic) bond motifs is 7. The van der Waals surface area contributed by atoms with Gasteiger partial charge in [-0.05, 0) is 58.7 Å². The van der Waals surface area contributed by atoms with Crippen LogP contribution in [0.25, 0.3) is 101 Å². The van der Waals surface area contributed by atoms with Crippen molar-refractivity contribution in [1.29, 1.82) is 0 Å². The first-order chi connectivity index (χ1) is 27.5. The Morgan fingerprint density at radius 3 is 1.84 bits per heavy atom. The van der Waals surface area contributed by atoms with Gasteiger partial charge in [-0.3, -0.25) is 0 Å². The lowest BCUT2D eigenvalue weighted by Crippen LogP contribution is -2.14. The van der Waals surface area contributed by atoms with E-state index in [1.807, 2.05) is 72.8 Å². The number of para-hydroxylation sites is 3. The molecular formula is C51H34N4O. The van der Waals surface area contributed by atoms with E-state index < -0.39 is 0 Å². The van der Waals surface area contributed by atoms with Gasteiger partial charge in [-0.2, -0.15) is 0 Å². The van der Waals surface area contributed by atoms with Gasteiger partial charge in [0, 0.05) is 44.0 Å². The fourth-order valence-electron chi connectivity index (χ4n) is 8.48.